The molecule has 0 aliphatic heterocycles. The maximum absolute atomic E-state index is 11.6. The minimum absolute atomic E-state index is 0.0656. The van der Waals surface area contributed by atoms with Gasteiger partial charge >= 0.3 is 5.97 Å². The highest BCUT2D eigenvalue weighted by Gasteiger charge is 2.33. The van der Waals surface area contributed by atoms with Crippen LogP contribution in [-0.4, -0.2) is 73.9 Å². The van der Waals surface area contributed by atoms with Gasteiger partial charge in [0.25, 0.3) is 0 Å². The molecule has 9 nitrogen and oxygen atoms in total. The highest BCUT2D eigenvalue weighted by Crippen LogP contribution is 2.25. The maximum Gasteiger partial charge on any atom is 0.331 e. The Labute approximate surface area is 136 Å². The standard InChI is InChI=1S/C15H18O9/c16-6-11(20)14(22)15(23)12(7-17)24-13(21)4-2-8-1-3-9(18)10(19)5-8/h1-5,7,11-12,14-16,18-20,22-23H,6H2/b4-2+/t11-,12+,14-,15-/m1/s1. The zero-order chi connectivity index (χ0) is 18.3. The highest BCUT2D eigenvalue weighted by molar-refractivity contribution is 5.88. The third kappa shape index (κ3) is 5.32. The molecule has 24 heavy (non-hydrogen) atoms. The van der Waals surface area contributed by atoms with E-state index in [-0.39, 0.29) is 12.0 Å². The van der Waals surface area contributed by atoms with Crippen LogP contribution in [0.25, 0.3) is 6.08 Å². The molecule has 0 radical (unpaired) electrons. The summed E-state index contributed by atoms with van der Waals surface area (Å²) < 4.78 is 4.64. The predicted octanol–water partition coefficient (Wildman–Crippen LogP) is -1.70. The number of aliphatic hydroxyl groups excluding tert-OH is 4. The second-order valence-corrected chi connectivity index (χ2v) is 4.85. The van der Waals surface area contributed by atoms with E-state index < -0.39 is 42.7 Å². The van der Waals surface area contributed by atoms with Crippen molar-refractivity contribution in [2.24, 2.45) is 0 Å². The molecule has 0 saturated carbocycles. The monoisotopic (exact) mass is 342 g/mol. The number of rotatable bonds is 8. The molecule has 1 aromatic rings. The molecule has 0 unspecified atom stereocenters. The molecule has 132 valence electrons. The summed E-state index contributed by atoms with van der Waals surface area (Å²) in [5.74, 6) is -1.77. The number of aldehydes is 1. The van der Waals surface area contributed by atoms with Gasteiger partial charge in [0.05, 0.1) is 6.61 Å². The largest absolute Gasteiger partial charge is 0.504 e. The average molecular weight is 342 g/mol. The van der Waals surface area contributed by atoms with Gasteiger partial charge in [0.2, 0.25) is 0 Å². The number of benzene rings is 1. The third-order valence-corrected chi connectivity index (χ3v) is 3.07. The Morgan fingerprint density at radius 2 is 1.79 bits per heavy atom. The minimum Gasteiger partial charge on any atom is -0.504 e. The van der Waals surface area contributed by atoms with E-state index in [0.29, 0.717) is 5.56 Å². The molecule has 0 bridgehead atoms. The Hall–Kier alpha value is -2.46. The van der Waals surface area contributed by atoms with Crippen molar-refractivity contribution in [2.75, 3.05) is 6.61 Å². The normalized spacial score (nSPS) is 16.3. The fourth-order valence-corrected chi connectivity index (χ4v) is 1.69. The molecule has 0 spiro atoms. The fourth-order valence-electron chi connectivity index (χ4n) is 1.69. The molecule has 0 aliphatic carbocycles. The van der Waals surface area contributed by atoms with E-state index in [9.17, 15) is 30.0 Å². The lowest BCUT2D eigenvalue weighted by Gasteiger charge is -2.25. The molecule has 1 aromatic carbocycles. The van der Waals surface area contributed by atoms with Gasteiger partial charge in [-0.15, -0.1) is 0 Å². The van der Waals surface area contributed by atoms with Crippen LogP contribution in [0.3, 0.4) is 0 Å². The number of carbonyl (C=O) groups excluding carboxylic acids is 2. The van der Waals surface area contributed by atoms with Gasteiger partial charge in [-0.2, -0.15) is 0 Å². The van der Waals surface area contributed by atoms with Crippen LogP contribution in [0.5, 0.6) is 11.5 Å². The Morgan fingerprint density at radius 3 is 2.33 bits per heavy atom. The van der Waals surface area contributed by atoms with Crippen molar-refractivity contribution in [1.29, 1.82) is 0 Å². The smallest absolute Gasteiger partial charge is 0.331 e. The number of hydrogen-bond acceptors (Lipinski definition) is 9. The first-order valence-electron chi connectivity index (χ1n) is 6.81. The number of phenolic OH excluding ortho intramolecular Hbond substituents is 2. The summed E-state index contributed by atoms with van der Waals surface area (Å²) in [6.07, 6.45) is -5.12. The van der Waals surface area contributed by atoms with Crippen molar-refractivity contribution in [3.8, 4) is 11.5 Å². The SMILES string of the molecule is O=C[C@H](OC(=O)/C=C/c1ccc(O)c(O)c1)[C@@H](O)[C@H](O)[C@H](O)CO. The molecular weight excluding hydrogens is 324 g/mol. The second-order valence-electron chi connectivity index (χ2n) is 4.85. The van der Waals surface area contributed by atoms with Crippen molar-refractivity contribution >= 4 is 18.3 Å². The maximum atomic E-state index is 11.6. The van der Waals surface area contributed by atoms with Gasteiger partial charge in [-0.05, 0) is 23.8 Å². The molecule has 9 heteroatoms. The van der Waals surface area contributed by atoms with Crippen LogP contribution < -0.4 is 0 Å². The van der Waals surface area contributed by atoms with E-state index in [1.807, 2.05) is 0 Å². The number of phenols is 2. The van der Waals surface area contributed by atoms with E-state index in [4.69, 9.17) is 10.2 Å². The third-order valence-electron chi connectivity index (χ3n) is 3.07. The van der Waals surface area contributed by atoms with Crippen molar-refractivity contribution in [1.82, 2.24) is 0 Å². The molecule has 0 aromatic heterocycles. The Bertz CT molecular complexity index is 599. The summed E-state index contributed by atoms with van der Waals surface area (Å²) in [6.45, 7) is -0.859. The fraction of sp³-hybridized carbons (Fsp3) is 0.333. The van der Waals surface area contributed by atoms with Crippen molar-refractivity contribution in [3.05, 3.63) is 29.8 Å². The lowest BCUT2D eigenvalue weighted by atomic mass is 10.0. The first-order chi connectivity index (χ1) is 11.3. The van der Waals surface area contributed by atoms with Gasteiger partial charge in [0.15, 0.2) is 23.9 Å². The Morgan fingerprint density at radius 1 is 1.12 bits per heavy atom. The number of carbonyl (C=O) groups is 2. The molecule has 4 atom stereocenters. The van der Waals surface area contributed by atoms with Crippen molar-refractivity contribution in [3.63, 3.8) is 0 Å². The second kappa shape index (κ2) is 8.99. The molecule has 0 saturated heterocycles. The Kier molecular flexibility index (Phi) is 7.33. The molecular formula is C15H18O9. The summed E-state index contributed by atoms with van der Waals surface area (Å²) in [5, 5.41) is 55.5. The number of ether oxygens (including phenoxy) is 1. The van der Waals surface area contributed by atoms with Crippen LogP contribution in [-0.2, 0) is 14.3 Å². The van der Waals surface area contributed by atoms with Crippen LogP contribution >= 0.6 is 0 Å². The molecule has 0 heterocycles. The lowest BCUT2D eigenvalue weighted by Crippen LogP contribution is -2.47. The van der Waals surface area contributed by atoms with Crippen molar-refractivity contribution < 1.29 is 45.0 Å². The highest BCUT2D eigenvalue weighted by atomic mass is 16.6. The van der Waals surface area contributed by atoms with Crippen LogP contribution in [0.15, 0.2) is 24.3 Å². The first kappa shape index (κ1) is 19.6. The quantitative estimate of drug-likeness (QED) is 0.140. The van der Waals surface area contributed by atoms with Crippen LogP contribution in [0, 0.1) is 0 Å². The van der Waals surface area contributed by atoms with E-state index >= 15 is 0 Å². The molecule has 0 aliphatic rings. The summed E-state index contributed by atoms with van der Waals surface area (Å²) in [4.78, 5) is 22.5. The summed E-state index contributed by atoms with van der Waals surface area (Å²) in [5.41, 5.74) is 0.348. The lowest BCUT2D eigenvalue weighted by molar-refractivity contribution is -0.163. The van der Waals surface area contributed by atoms with Gasteiger partial charge in [-0.3, -0.25) is 4.79 Å². The van der Waals surface area contributed by atoms with Crippen molar-refractivity contribution in [2.45, 2.75) is 24.4 Å². The van der Waals surface area contributed by atoms with E-state index in [1.165, 1.54) is 24.3 Å². The Balaban J connectivity index is 2.71. The van der Waals surface area contributed by atoms with Gasteiger partial charge in [0.1, 0.15) is 18.3 Å². The molecule has 0 fully saturated rings. The topological polar surface area (TPSA) is 165 Å². The van der Waals surface area contributed by atoms with Gasteiger partial charge < -0.3 is 35.4 Å². The number of aromatic hydroxyl groups is 2. The molecule has 1 rings (SSSR count). The van der Waals surface area contributed by atoms with Gasteiger partial charge in [-0.25, -0.2) is 4.79 Å². The van der Waals surface area contributed by atoms with Gasteiger partial charge in [0, 0.05) is 6.08 Å². The molecule has 6 N–H and O–H groups in total. The number of esters is 1. The summed E-state index contributed by atoms with van der Waals surface area (Å²) >= 11 is 0. The van der Waals surface area contributed by atoms with Crippen LogP contribution in [0.1, 0.15) is 5.56 Å². The minimum atomic E-state index is -1.93. The number of aliphatic hydroxyl groups is 4. The van der Waals surface area contributed by atoms with Crippen LogP contribution in [0.2, 0.25) is 0 Å². The van der Waals surface area contributed by atoms with Crippen LogP contribution in [0.4, 0.5) is 0 Å². The summed E-state index contributed by atoms with van der Waals surface area (Å²) in [7, 11) is 0. The average Bonchev–Trinajstić information content (AvgIpc) is 2.58. The van der Waals surface area contributed by atoms with E-state index in [1.54, 1.807) is 0 Å². The predicted molar refractivity (Wildman–Crippen MR) is 79.9 cm³/mol. The zero-order valence-electron chi connectivity index (χ0n) is 12.4. The number of hydrogen-bond donors (Lipinski definition) is 6. The zero-order valence-corrected chi connectivity index (χ0v) is 12.4. The molecule has 0 amide bonds. The van der Waals surface area contributed by atoms with Gasteiger partial charge in [-0.1, -0.05) is 6.07 Å². The van der Waals surface area contributed by atoms with E-state index in [0.717, 1.165) is 6.08 Å². The summed E-state index contributed by atoms with van der Waals surface area (Å²) in [6, 6.07) is 3.77. The van der Waals surface area contributed by atoms with E-state index in [2.05, 4.69) is 4.74 Å². The first-order valence-corrected chi connectivity index (χ1v) is 6.81.